The molecule has 0 amide bonds. The van der Waals surface area contributed by atoms with Gasteiger partial charge in [0.25, 0.3) is 0 Å². The van der Waals surface area contributed by atoms with E-state index in [1.165, 1.54) is 0 Å². The number of nitrogens with zero attached hydrogens (tertiary/aromatic N) is 1. The minimum Gasteiger partial charge on any atom is -0.394 e. The molecule has 2 rings (SSSR count). The van der Waals surface area contributed by atoms with Crippen LogP contribution < -0.4 is 5.32 Å². The summed E-state index contributed by atoms with van der Waals surface area (Å²) >= 11 is 1.63. The molecule has 0 aliphatic carbocycles. The second-order valence-electron chi connectivity index (χ2n) is 4.58. The van der Waals surface area contributed by atoms with Crippen molar-refractivity contribution in [1.82, 2.24) is 10.2 Å². The Morgan fingerprint density at radius 2 is 2.10 bits per heavy atom. The van der Waals surface area contributed by atoms with E-state index in [2.05, 4.69) is 15.5 Å². The molecule has 20 heavy (non-hydrogen) atoms. The van der Waals surface area contributed by atoms with Gasteiger partial charge in [0.05, 0.1) is 23.3 Å². The number of anilines is 1. The summed E-state index contributed by atoms with van der Waals surface area (Å²) in [5, 5.41) is 28.6. The van der Waals surface area contributed by atoms with Crippen LogP contribution in [0.3, 0.4) is 0 Å². The third kappa shape index (κ3) is 3.53. The quantitative estimate of drug-likeness (QED) is 0.654. The molecule has 0 aliphatic rings. The van der Waals surface area contributed by atoms with Gasteiger partial charge in [-0.25, -0.2) is 0 Å². The number of aliphatic hydroxyl groups excluding tert-OH is 2. The van der Waals surface area contributed by atoms with E-state index in [1.54, 1.807) is 11.8 Å². The minimum atomic E-state index is -0.759. The molecule has 5 nitrogen and oxygen atoms in total. The number of H-pyrrole nitrogens is 1. The summed E-state index contributed by atoms with van der Waals surface area (Å²) in [4.78, 5) is 2.17. The summed E-state index contributed by atoms with van der Waals surface area (Å²) in [5.74, 6) is 0. The molecule has 0 spiro atoms. The van der Waals surface area contributed by atoms with Crippen molar-refractivity contribution in [3.63, 3.8) is 0 Å². The lowest BCUT2D eigenvalue weighted by Crippen LogP contribution is -2.23. The van der Waals surface area contributed by atoms with Crippen LogP contribution in [0.25, 0.3) is 0 Å². The Morgan fingerprint density at radius 3 is 2.75 bits per heavy atom. The molecular weight excluding hydrogens is 274 g/mol. The van der Waals surface area contributed by atoms with Crippen LogP contribution in [-0.2, 0) is 0 Å². The third-order valence-electron chi connectivity index (χ3n) is 2.90. The Kier molecular flexibility index (Phi) is 5.05. The smallest absolute Gasteiger partial charge is 0.0942 e. The van der Waals surface area contributed by atoms with Gasteiger partial charge < -0.3 is 15.5 Å². The van der Waals surface area contributed by atoms with Crippen molar-refractivity contribution in [2.75, 3.05) is 18.5 Å². The van der Waals surface area contributed by atoms with Gasteiger partial charge in [-0.3, -0.25) is 5.10 Å². The van der Waals surface area contributed by atoms with Gasteiger partial charge in [0.2, 0.25) is 0 Å². The van der Waals surface area contributed by atoms with Crippen LogP contribution in [0, 0.1) is 13.8 Å². The van der Waals surface area contributed by atoms with E-state index in [-0.39, 0.29) is 6.61 Å². The molecule has 2 aromatic rings. The summed E-state index contributed by atoms with van der Waals surface area (Å²) in [6, 6.07) is 7.88. The molecule has 0 aliphatic heterocycles. The van der Waals surface area contributed by atoms with Crippen LogP contribution in [0.4, 0.5) is 5.69 Å². The van der Waals surface area contributed by atoms with E-state index >= 15 is 0 Å². The fourth-order valence-electron chi connectivity index (χ4n) is 1.79. The van der Waals surface area contributed by atoms with Crippen LogP contribution in [0.15, 0.2) is 34.1 Å². The third-order valence-corrected chi connectivity index (χ3v) is 4.28. The molecule has 6 heteroatoms. The number of benzene rings is 1. The van der Waals surface area contributed by atoms with Gasteiger partial charge in [0.1, 0.15) is 0 Å². The van der Waals surface area contributed by atoms with Gasteiger partial charge in [-0.1, -0.05) is 23.9 Å². The average molecular weight is 293 g/mol. The molecule has 1 atom stereocenters. The average Bonchev–Trinajstić information content (AvgIpc) is 2.77. The first-order valence-electron chi connectivity index (χ1n) is 6.43. The number of aromatic nitrogens is 2. The Balaban J connectivity index is 2.16. The van der Waals surface area contributed by atoms with Crippen LogP contribution in [0.1, 0.15) is 11.4 Å². The first-order valence-corrected chi connectivity index (χ1v) is 7.24. The summed E-state index contributed by atoms with van der Waals surface area (Å²) in [6.07, 6.45) is -0.759. The van der Waals surface area contributed by atoms with Gasteiger partial charge in [-0.15, -0.1) is 0 Å². The molecule has 1 aromatic heterocycles. The minimum absolute atomic E-state index is 0.248. The zero-order valence-electron chi connectivity index (χ0n) is 11.6. The maximum Gasteiger partial charge on any atom is 0.0942 e. The molecule has 1 heterocycles. The maximum atomic E-state index is 9.42. The van der Waals surface area contributed by atoms with E-state index < -0.39 is 6.10 Å². The highest BCUT2D eigenvalue weighted by Crippen LogP contribution is 2.36. The molecular formula is C14H19N3O2S. The van der Waals surface area contributed by atoms with Crippen molar-refractivity contribution < 1.29 is 10.2 Å². The molecule has 4 N–H and O–H groups in total. The van der Waals surface area contributed by atoms with E-state index in [9.17, 15) is 5.11 Å². The summed E-state index contributed by atoms with van der Waals surface area (Å²) in [5.41, 5.74) is 2.94. The number of hydrogen-bond donors (Lipinski definition) is 4. The number of hydrogen-bond acceptors (Lipinski definition) is 5. The highest BCUT2D eigenvalue weighted by atomic mass is 32.2. The maximum absolute atomic E-state index is 9.42. The fraction of sp³-hybridized carbons (Fsp3) is 0.357. The van der Waals surface area contributed by atoms with E-state index in [0.29, 0.717) is 6.54 Å². The molecule has 0 saturated carbocycles. The van der Waals surface area contributed by atoms with Crippen molar-refractivity contribution in [3.05, 3.63) is 35.7 Å². The number of rotatable bonds is 6. The Labute approximate surface area is 122 Å². The van der Waals surface area contributed by atoms with Gasteiger partial charge in [0.15, 0.2) is 0 Å². The predicted octanol–water partition coefficient (Wildman–Crippen LogP) is 1.94. The first-order chi connectivity index (χ1) is 9.61. The first kappa shape index (κ1) is 14.9. The highest BCUT2D eigenvalue weighted by Gasteiger charge is 2.11. The van der Waals surface area contributed by atoms with Crippen molar-refractivity contribution in [2.24, 2.45) is 0 Å². The van der Waals surface area contributed by atoms with Gasteiger partial charge in [0, 0.05) is 22.8 Å². The molecule has 108 valence electrons. The Bertz CT molecular complexity index is 552. The van der Waals surface area contributed by atoms with Crippen LogP contribution in [0.5, 0.6) is 0 Å². The number of nitrogens with one attached hydrogen (secondary N) is 2. The van der Waals surface area contributed by atoms with E-state index in [1.807, 2.05) is 38.1 Å². The van der Waals surface area contributed by atoms with Crippen molar-refractivity contribution in [3.8, 4) is 0 Å². The number of aromatic amines is 1. The number of aryl methyl sites for hydroxylation is 2. The van der Waals surface area contributed by atoms with Crippen molar-refractivity contribution >= 4 is 17.4 Å². The van der Waals surface area contributed by atoms with Crippen LogP contribution >= 0.6 is 11.8 Å². The van der Waals surface area contributed by atoms with E-state index in [0.717, 1.165) is 26.9 Å². The normalized spacial score (nSPS) is 12.4. The Morgan fingerprint density at radius 1 is 1.35 bits per heavy atom. The van der Waals surface area contributed by atoms with Crippen molar-refractivity contribution in [1.29, 1.82) is 0 Å². The highest BCUT2D eigenvalue weighted by molar-refractivity contribution is 7.99. The van der Waals surface area contributed by atoms with Gasteiger partial charge in [-0.05, 0) is 26.0 Å². The molecule has 0 fully saturated rings. The van der Waals surface area contributed by atoms with Gasteiger partial charge in [-0.2, -0.15) is 5.10 Å². The zero-order valence-corrected chi connectivity index (χ0v) is 12.4. The zero-order chi connectivity index (χ0) is 14.5. The summed E-state index contributed by atoms with van der Waals surface area (Å²) in [7, 11) is 0. The lowest BCUT2D eigenvalue weighted by molar-refractivity contribution is 0.105. The van der Waals surface area contributed by atoms with Crippen LogP contribution in [-0.4, -0.2) is 39.7 Å². The molecule has 0 saturated heterocycles. The van der Waals surface area contributed by atoms with E-state index in [4.69, 9.17) is 5.11 Å². The largest absolute Gasteiger partial charge is 0.394 e. The number of aliphatic hydroxyl groups is 2. The molecule has 0 bridgehead atoms. The second-order valence-corrected chi connectivity index (χ2v) is 5.63. The lowest BCUT2D eigenvalue weighted by atomic mass is 10.3. The monoisotopic (exact) mass is 293 g/mol. The van der Waals surface area contributed by atoms with Crippen molar-refractivity contribution in [2.45, 2.75) is 29.7 Å². The summed E-state index contributed by atoms with van der Waals surface area (Å²) in [6.45, 7) is 4.03. The standard InChI is InChI=1S/C14H19N3O2S/c1-9-14(10(2)17-16-9)20-13-6-4-3-5-12(13)15-7-11(19)8-18/h3-6,11,15,18-19H,7-8H2,1-2H3,(H,16,17). The van der Waals surface area contributed by atoms with Crippen LogP contribution in [0.2, 0.25) is 0 Å². The topological polar surface area (TPSA) is 81.2 Å². The van der Waals surface area contributed by atoms with Gasteiger partial charge >= 0.3 is 0 Å². The SMILES string of the molecule is Cc1n[nH]c(C)c1Sc1ccccc1NCC(O)CO. The predicted molar refractivity (Wildman–Crippen MR) is 80.2 cm³/mol. The second kappa shape index (κ2) is 6.78. The molecule has 1 aromatic carbocycles. The number of para-hydroxylation sites is 1. The molecule has 1 unspecified atom stereocenters. The molecule has 0 radical (unpaired) electrons. The summed E-state index contributed by atoms with van der Waals surface area (Å²) < 4.78 is 0. The Hall–Kier alpha value is -1.50. The lowest BCUT2D eigenvalue weighted by Gasteiger charge is -2.14. The fourth-order valence-corrected chi connectivity index (χ4v) is 2.80.